The fourth-order valence-corrected chi connectivity index (χ4v) is 2.96. The molecule has 0 atom stereocenters. The Morgan fingerprint density at radius 1 is 1.31 bits per heavy atom. The number of aromatic nitrogens is 3. The van der Waals surface area contributed by atoms with Gasteiger partial charge in [-0.3, -0.25) is 0 Å². The Morgan fingerprint density at radius 3 is 2.65 bits per heavy atom. The minimum absolute atomic E-state index is 0.119. The van der Waals surface area contributed by atoms with Gasteiger partial charge in [0, 0.05) is 19.0 Å². The Labute approximate surface area is 156 Å². The van der Waals surface area contributed by atoms with Crippen molar-refractivity contribution in [3.8, 4) is 11.5 Å². The largest absolute Gasteiger partial charge is 0.444 e. The fourth-order valence-electron chi connectivity index (χ4n) is 2.77. The molecule has 3 rings (SSSR count). The average Bonchev–Trinajstić information content (AvgIpc) is 3.05. The van der Waals surface area contributed by atoms with Crippen molar-refractivity contribution in [1.29, 1.82) is 0 Å². The monoisotopic (exact) mass is 379 g/mol. The molecule has 3 heterocycles. The molecule has 9 heteroatoms. The van der Waals surface area contributed by atoms with E-state index in [2.05, 4.69) is 15.0 Å². The summed E-state index contributed by atoms with van der Waals surface area (Å²) in [7, 11) is 0. The van der Waals surface area contributed by atoms with Crippen molar-refractivity contribution in [2.75, 3.05) is 18.8 Å². The number of carbonyl (C=O) groups excluding carboxylic acids is 1. The number of ether oxygens (including phenoxy) is 1. The minimum Gasteiger partial charge on any atom is -0.444 e. The summed E-state index contributed by atoms with van der Waals surface area (Å²) in [6.07, 6.45) is 4.23. The van der Waals surface area contributed by atoms with Crippen LogP contribution in [0.15, 0.2) is 16.8 Å². The highest BCUT2D eigenvalue weighted by Crippen LogP contribution is 2.32. The summed E-state index contributed by atoms with van der Waals surface area (Å²) in [5.41, 5.74) is 5.53. The number of nitrogens with zero attached hydrogens (tertiary/aromatic N) is 4. The summed E-state index contributed by atoms with van der Waals surface area (Å²) in [6.45, 7) is 6.77. The van der Waals surface area contributed by atoms with Crippen molar-refractivity contribution in [2.24, 2.45) is 0 Å². The minimum atomic E-state index is -0.496. The van der Waals surface area contributed by atoms with Gasteiger partial charge in [-0.2, -0.15) is 0 Å². The SMILES string of the molecule is CC(C)(C)OC(=O)N1CCC(c2ncc(-c3nc(N)ncc3Cl)o2)CC1. The van der Waals surface area contributed by atoms with Crippen LogP contribution in [0.3, 0.4) is 0 Å². The number of nitrogens with two attached hydrogens (primary N) is 1. The quantitative estimate of drug-likeness (QED) is 0.850. The number of hydrogen-bond acceptors (Lipinski definition) is 7. The first-order valence-corrected chi connectivity index (χ1v) is 8.83. The molecule has 0 aliphatic carbocycles. The molecule has 140 valence electrons. The number of anilines is 1. The number of likely N-dealkylation sites (tertiary alicyclic amines) is 1. The van der Waals surface area contributed by atoms with E-state index in [9.17, 15) is 4.79 Å². The molecule has 1 fully saturated rings. The molecule has 1 aliphatic heterocycles. The number of nitrogen functional groups attached to an aromatic ring is 1. The number of carbonyl (C=O) groups is 1. The molecule has 0 radical (unpaired) electrons. The van der Waals surface area contributed by atoms with Crippen molar-refractivity contribution < 1.29 is 13.9 Å². The fraction of sp³-hybridized carbons (Fsp3) is 0.529. The molecule has 2 aromatic heterocycles. The third kappa shape index (κ3) is 4.24. The molecule has 8 nitrogen and oxygen atoms in total. The van der Waals surface area contributed by atoms with Gasteiger partial charge in [0.05, 0.1) is 17.4 Å². The van der Waals surface area contributed by atoms with Crippen LogP contribution in [0.2, 0.25) is 5.02 Å². The van der Waals surface area contributed by atoms with Gasteiger partial charge >= 0.3 is 6.09 Å². The van der Waals surface area contributed by atoms with E-state index >= 15 is 0 Å². The van der Waals surface area contributed by atoms with E-state index in [0.717, 1.165) is 12.8 Å². The van der Waals surface area contributed by atoms with Gasteiger partial charge in [0.1, 0.15) is 11.3 Å². The molecular formula is C17H22ClN5O3. The zero-order valence-electron chi connectivity index (χ0n) is 15.0. The van der Waals surface area contributed by atoms with E-state index in [1.165, 1.54) is 6.20 Å². The number of oxazole rings is 1. The maximum Gasteiger partial charge on any atom is 0.410 e. The molecule has 0 unspecified atom stereocenters. The summed E-state index contributed by atoms with van der Waals surface area (Å²) in [5, 5.41) is 0.349. The Bertz CT molecular complexity index is 794. The zero-order chi connectivity index (χ0) is 18.9. The van der Waals surface area contributed by atoms with Gasteiger partial charge in [-0.15, -0.1) is 0 Å². The van der Waals surface area contributed by atoms with Gasteiger partial charge in [0.15, 0.2) is 11.7 Å². The summed E-state index contributed by atoms with van der Waals surface area (Å²) in [6, 6.07) is 0. The van der Waals surface area contributed by atoms with Crippen LogP contribution in [0, 0.1) is 0 Å². The van der Waals surface area contributed by atoms with Crippen molar-refractivity contribution in [2.45, 2.75) is 45.1 Å². The molecular weight excluding hydrogens is 358 g/mol. The Balaban J connectivity index is 1.65. The highest BCUT2D eigenvalue weighted by molar-refractivity contribution is 6.32. The normalized spacial score (nSPS) is 15.9. The van der Waals surface area contributed by atoms with Gasteiger partial charge in [-0.1, -0.05) is 11.6 Å². The number of rotatable bonds is 2. The molecule has 2 N–H and O–H groups in total. The predicted molar refractivity (Wildman–Crippen MR) is 96.7 cm³/mol. The lowest BCUT2D eigenvalue weighted by molar-refractivity contribution is 0.0199. The van der Waals surface area contributed by atoms with E-state index in [1.54, 1.807) is 11.1 Å². The molecule has 0 bridgehead atoms. The van der Waals surface area contributed by atoms with Gasteiger partial charge in [0.25, 0.3) is 0 Å². The number of halogens is 1. The first kappa shape index (κ1) is 18.4. The first-order chi connectivity index (χ1) is 12.2. The molecule has 0 aromatic carbocycles. The third-order valence-electron chi connectivity index (χ3n) is 4.02. The molecule has 0 saturated carbocycles. The molecule has 2 aromatic rings. The van der Waals surface area contributed by atoms with E-state index in [0.29, 0.717) is 35.5 Å². The lowest BCUT2D eigenvalue weighted by atomic mass is 9.97. The number of hydrogen-bond donors (Lipinski definition) is 1. The smallest absolute Gasteiger partial charge is 0.410 e. The van der Waals surface area contributed by atoms with E-state index in [4.69, 9.17) is 26.5 Å². The number of piperidine rings is 1. The first-order valence-electron chi connectivity index (χ1n) is 8.45. The molecule has 0 spiro atoms. The standard InChI is InChI=1S/C17H22ClN5O3/c1-17(2,3)26-16(24)23-6-4-10(5-7-23)14-20-9-12(25-14)13-11(18)8-21-15(19)22-13/h8-10H,4-7H2,1-3H3,(H2,19,21,22). The van der Waals surface area contributed by atoms with Crippen LogP contribution >= 0.6 is 11.6 Å². The Morgan fingerprint density at radius 2 is 2.00 bits per heavy atom. The molecule has 1 amide bonds. The number of amides is 1. The van der Waals surface area contributed by atoms with Crippen molar-refractivity contribution in [3.63, 3.8) is 0 Å². The van der Waals surface area contributed by atoms with Gasteiger partial charge in [0.2, 0.25) is 5.95 Å². The molecule has 1 aliphatic rings. The van der Waals surface area contributed by atoms with Crippen LogP contribution in [0.5, 0.6) is 0 Å². The Hall–Kier alpha value is -2.35. The van der Waals surface area contributed by atoms with E-state index in [1.807, 2.05) is 20.8 Å². The maximum atomic E-state index is 12.1. The van der Waals surface area contributed by atoms with Crippen molar-refractivity contribution in [3.05, 3.63) is 23.3 Å². The highest BCUT2D eigenvalue weighted by atomic mass is 35.5. The zero-order valence-corrected chi connectivity index (χ0v) is 15.8. The summed E-state index contributed by atoms with van der Waals surface area (Å²) in [4.78, 5) is 26.1. The maximum absolute atomic E-state index is 12.1. The second-order valence-corrected chi connectivity index (χ2v) is 7.64. The van der Waals surface area contributed by atoms with Crippen LogP contribution in [-0.2, 0) is 4.74 Å². The molecule has 26 heavy (non-hydrogen) atoms. The summed E-state index contributed by atoms with van der Waals surface area (Å²) < 4.78 is 11.3. The lowest BCUT2D eigenvalue weighted by Gasteiger charge is -2.32. The van der Waals surface area contributed by atoms with E-state index in [-0.39, 0.29) is 18.0 Å². The van der Waals surface area contributed by atoms with Crippen molar-refractivity contribution in [1.82, 2.24) is 19.9 Å². The van der Waals surface area contributed by atoms with Crippen LogP contribution in [0.1, 0.15) is 45.4 Å². The highest BCUT2D eigenvalue weighted by Gasteiger charge is 2.29. The van der Waals surface area contributed by atoms with Crippen LogP contribution < -0.4 is 5.73 Å². The second kappa shape index (κ2) is 7.11. The van der Waals surface area contributed by atoms with Gasteiger partial charge in [-0.05, 0) is 33.6 Å². The lowest BCUT2D eigenvalue weighted by Crippen LogP contribution is -2.41. The third-order valence-corrected chi connectivity index (χ3v) is 4.29. The summed E-state index contributed by atoms with van der Waals surface area (Å²) >= 11 is 6.11. The topological polar surface area (TPSA) is 107 Å². The van der Waals surface area contributed by atoms with Crippen LogP contribution in [0.25, 0.3) is 11.5 Å². The van der Waals surface area contributed by atoms with Crippen LogP contribution in [0.4, 0.5) is 10.7 Å². The van der Waals surface area contributed by atoms with Gasteiger partial charge < -0.3 is 19.8 Å². The second-order valence-electron chi connectivity index (χ2n) is 7.23. The van der Waals surface area contributed by atoms with Gasteiger partial charge in [-0.25, -0.2) is 19.7 Å². The Kier molecular flexibility index (Phi) is 5.04. The van der Waals surface area contributed by atoms with E-state index < -0.39 is 5.60 Å². The average molecular weight is 380 g/mol. The predicted octanol–water partition coefficient (Wildman–Crippen LogP) is 3.48. The van der Waals surface area contributed by atoms with Crippen LogP contribution in [-0.4, -0.2) is 44.6 Å². The summed E-state index contributed by atoms with van der Waals surface area (Å²) in [5.74, 6) is 1.30. The van der Waals surface area contributed by atoms with Crippen molar-refractivity contribution >= 4 is 23.6 Å². The molecule has 1 saturated heterocycles.